The Balaban J connectivity index is 2.44. The van der Waals surface area contributed by atoms with E-state index in [4.69, 9.17) is 16.7 Å². The molecule has 0 spiro atoms. The molecule has 1 N–H and O–H groups in total. The Labute approximate surface area is 113 Å². The van der Waals surface area contributed by atoms with Crippen LogP contribution in [0.2, 0.25) is 5.02 Å². The topological polar surface area (TPSA) is 40.5 Å². The van der Waals surface area contributed by atoms with Gasteiger partial charge in [0.15, 0.2) is 0 Å². The molecule has 0 heterocycles. The molecule has 0 atom stereocenters. The molecule has 0 aliphatic rings. The third-order valence-corrected chi connectivity index (χ3v) is 3.19. The number of hydrogen-bond acceptors (Lipinski definition) is 2. The first kappa shape index (κ1) is 15.0. The zero-order valence-corrected chi connectivity index (χ0v) is 11.9. The van der Waals surface area contributed by atoms with Crippen LogP contribution < -0.4 is 0 Å². The molecule has 0 saturated heterocycles. The number of carboxylic acid groups (broad SMARTS) is 1. The number of rotatable bonds is 6. The summed E-state index contributed by atoms with van der Waals surface area (Å²) >= 11 is 5.82. The highest BCUT2D eigenvalue weighted by molar-refractivity contribution is 6.30. The van der Waals surface area contributed by atoms with Gasteiger partial charge in [0.25, 0.3) is 0 Å². The van der Waals surface area contributed by atoms with Crippen LogP contribution in [-0.2, 0) is 11.2 Å². The largest absolute Gasteiger partial charge is 0.481 e. The fourth-order valence-corrected chi connectivity index (χ4v) is 1.92. The third-order valence-electron chi connectivity index (χ3n) is 2.94. The van der Waals surface area contributed by atoms with Gasteiger partial charge < -0.3 is 10.0 Å². The molecule has 3 nitrogen and oxygen atoms in total. The van der Waals surface area contributed by atoms with E-state index in [1.54, 1.807) is 13.8 Å². The maximum Gasteiger partial charge on any atom is 0.310 e. The van der Waals surface area contributed by atoms with Gasteiger partial charge in [-0.15, -0.1) is 0 Å². The second-order valence-electron chi connectivity index (χ2n) is 5.30. The van der Waals surface area contributed by atoms with Gasteiger partial charge in [0.2, 0.25) is 0 Å². The van der Waals surface area contributed by atoms with E-state index in [0.29, 0.717) is 6.54 Å². The summed E-state index contributed by atoms with van der Waals surface area (Å²) < 4.78 is 0. The molecular weight excluding hydrogens is 250 g/mol. The molecule has 100 valence electrons. The Morgan fingerprint density at radius 1 is 1.33 bits per heavy atom. The number of hydrogen-bond donors (Lipinski definition) is 1. The molecule has 0 fully saturated rings. The fraction of sp³-hybridized carbons (Fsp3) is 0.500. The van der Waals surface area contributed by atoms with E-state index in [1.807, 2.05) is 36.2 Å². The lowest BCUT2D eigenvalue weighted by Crippen LogP contribution is -2.38. The molecule has 4 heteroatoms. The lowest BCUT2D eigenvalue weighted by molar-refractivity contribution is -0.147. The molecule has 0 unspecified atom stereocenters. The summed E-state index contributed by atoms with van der Waals surface area (Å²) in [4.78, 5) is 13.1. The van der Waals surface area contributed by atoms with Crippen LogP contribution >= 0.6 is 11.6 Å². The first-order chi connectivity index (χ1) is 8.31. The number of aliphatic carboxylic acids is 1. The maximum atomic E-state index is 11.0. The molecule has 0 bridgehead atoms. The number of benzene rings is 1. The molecule has 1 aromatic rings. The van der Waals surface area contributed by atoms with Gasteiger partial charge in [-0.25, -0.2) is 0 Å². The maximum absolute atomic E-state index is 11.0. The van der Waals surface area contributed by atoms with Crippen LogP contribution in [0.15, 0.2) is 24.3 Å². The van der Waals surface area contributed by atoms with Crippen molar-refractivity contribution >= 4 is 17.6 Å². The quantitative estimate of drug-likeness (QED) is 0.863. The number of likely N-dealkylation sites (N-methyl/N-ethyl adjacent to an activating group) is 1. The molecule has 0 aliphatic carbocycles. The predicted molar refractivity (Wildman–Crippen MR) is 74.1 cm³/mol. The number of carbonyl (C=O) groups is 1. The summed E-state index contributed by atoms with van der Waals surface area (Å²) in [6.45, 7) is 4.86. The fourth-order valence-electron chi connectivity index (χ4n) is 1.79. The monoisotopic (exact) mass is 269 g/mol. The van der Waals surface area contributed by atoms with Crippen molar-refractivity contribution in [1.82, 2.24) is 4.90 Å². The van der Waals surface area contributed by atoms with E-state index in [2.05, 4.69) is 0 Å². The van der Waals surface area contributed by atoms with Crippen molar-refractivity contribution < 1.29 is 9.90 Å². The van der Waals surface area contributed by atoms with E-state index in [9.17, 15) is 4.79 Å². The third kappa shape index (κ3) is 4.67. The van der Waals surface area contributed by atoms with Crippen LogP contribution in [0.4, 0.5) is 0 Å². The summed E-state index contributed by atoms with van der Waals surface area (Å²) in [7, 11) is 1.95. The van der Waals surface area contributed by atoms with Crippen molar-refractivity contribution in [3.05, 3.63) is 34.9 Å². The van der Waals surface area contributed by atoms with Crippen molar-refractivity contribution in [3.8, 4) is 0 Å². The van der Waals surface area contributed by atoms with Crippen LogP contribution in [0.3, 0.4) is 0 Å². The second-order valence-corrected chi connectivity index (χ2v) is 5.74. The second kappa shape index (κ2) is 6.21. The molecule has 0 amide bonds. The van der Waals surface area contributed by atoms with E-state index in [1.165, 1.54) is 5.56 Å². The molecule has 18 heavy (non-hydrogen) atoms. The van der Waals surface area contributed by atoms with Gasteiger partial charge in [-0.3, -0.25) is 4.79 Å². The Hall–Kier alpha value is -1.06. The van der Waals surface area contributed by atoms with Crippen molar-refractivity contribution in [2.75, 3.05) is 20.1 Å². The average Bonchev–Trinajstić information content (AvgIpc) is 2.27. The van der Waals surface area contributed by atoms with Crippen molar-refractivity contribution in [3.63, 3.8) is 0 Å². The number of nitrogens with zero attached hydrogens (tertiary/aromatic N) is 1. The van der Waals surface area contributed by atoms with E-state index >= 15 is 0 Å². The normalized spacial score (nSPS) is 11.8. The first-order valence-electron chi connectivity index (χ1n) is 5.97. The number of halogens is 1. The molecule has 0 aliphatic heterocycles. The van der Waals surface area contributed by atoms with Gasteiger partial charge in [0.05, 0.1) is 5.41 Å². The van der Waals surface area contributed by atoms with Gasteiger partial charge in [-0.1, -0.05) is 23.7 Å². The molecule has 1 aromatic carbocycles. The van der Waals surface area contributed by atoms with Crippen molar-refractivity contribution in [1.29, 1.82) is 0 Å². The van der Waals surface area contributed by atoms with Crippen LogP contribution in [0.5, 0.6) is 0 Å². The van der Waals surface area contributed by atoms with Gasteiger partial charge in [-0.05, 0) is 45.0 Å². The number of carboxylic acids is 1. The van der Waals surface area contributed by atoms with Gasteiger partial charge in [-0.2, -0.15) is 0 Å². The highest BCUT2D eigenvalue weighted by atomic mass is 35.5. The predicted octanol–water partition coefficient (Wildman–Crippen LogP) is 2.93. The van der Waals surface area contributed by atoms with Crippen molar-refractivity contribution in [2.24, 2.45) is 5.41 Å². The minimum Gasteiger partial charge on any atom is -0.481 e. The van der Waals surface area contributed by atoms with Crippen LogP contribution in [-0.4, -0.2) is 36.1 Å². The Bertz CT molecular complexity index is 401. The SMILES string of the molecule is CN(CCc1ccc(Cl)cc1)CC(C)(C)C(=O)O. The van der Waals surface area contributed by atoms with E-state index in [-0.39, 0.29) is 0 Å². The Morgan fingerprint density at radius 2 is 1.89 bits per heavy atom. The standard InChI is InChI=1S/C14H20ClNO2/c1-14(2,13(17)18)10-16(3)9-8-11-4-6-12(15)7-5-11/h4-7H,8-10H2,1-3H3,(H,17,18). The zero-order valence-electron chi connectivity index (χ0n) is 11.1. The highest BCUT2D eigenvalue weighted by Crippen LogP contribution is 2.17. The van der Waals surface area contributed by atoms with Gasteiger partial charge in [0.1, 0.15) is 0 Å². The van der Waals surface area contributed by atoms with Crippen LogP contribution in [0.25, 0.3) is 0 Å². The smallest absolute Gasteiger partial charge is 0.310 e. The zero-order chi connectivity index (χ0) is 13.8. The highest BCUT2D eigenvalue weighted by Gasteiger charge is 2.28. The summed E-state index contributed by atoms with van der Waals surface area (Å²) in [6.07, 6.45) is 0.892. The minimum atomic E-state index is -0.763. The summed E-state index contributed by atoms with van der Waals surface area (Å²) in [6, 6.07) is 7.74. The lowest BCUT2D eigenvalue weighted by atomic mass is 9.93. The molecule has 0 saturated carbocycles. The van der Waals surface area contributed by atoms with E-state index in [0.717, 1.165) is 18.0 Å². The van der Waals surface area contributed by atoms with Gasteiger partial charge >= 0.3 is 5.97 Å². The molecule has 1 rings (SSSR count). The lowest BCUT2D eigenvalue weighted by Gasteiger charge is -2.26. The van der Waals surface area contributed by atoms with Gasteiger partial charge in [0, 0.05) is 18.1 Å². The first-order valence-corrected chi connectivity index (χ1v) is 6.35. The summed E-state index contributed by atoms with van der Waals surface area (Å²) in [5.41, 5.74) is 0.494. The molecule has 0 aromatic heterocycles. The molecular formula is C14H20ClNO2. The summed E-state index contributed by atoms with van der Waals surface area (Å²) in [5, 5.41) is 9.80. The minimum absolute atomic E-state index is 0.538. The van der Waals surface area contributed by atoms with Crippen LogP contribution in [0.1, 0.15) is 19.4 Å². The van der Waals surface area contributed by atoms with Crippen molar-refractivity contribution in [2.45, 2.75) is 20.3 Å². The summed E-state index contributed by atoms with van der Waals surface area (Å²) in [5.74, 6) is -0.763. The van der Waals surface area contributed by atoms with E-state index < -0.39 is 11.4 Å². The molecule has 0 radical (unpaired) electrons. The average molecular weight is 270 g/mol. The van der Waals surface area contributed by atoms with Crippen LogP contribution in [0, 0.1) is 5.41 Å². The Kier molecular flexibility index (Phi) is 5.17. The Morgan fingerprint density at radius 3 is 2.39 bits per heavy atom.